The maximum absolute atomic E-state index is 12.8. The first kappa shape index (κ1) is 27.3. The number of anilines is 2. The van der Waals surface area contributed by atoms with Gasteiger partial charge in [-0.3, -0.25) is 9.52 Å². The van der Waals surface area contributed by atoms with Gasteiger partial charge >= 0.3 is 6.18 Å². The second-order valence-corrected chi connectivity index (χ2v) is 10.1. The van der Waals surface area contributed by atoms with Crippen LogP contribution in [0, 0.1) is 0 Å². The highest BCUT2D eigenvalue weighted by Crippen LogP contribution is 2.33. The molecule has 0 saturated heterocycles. The molecule has 1 amide bonds. The molecule has 0 radical (unpaired) electrons. The SMILES string of the molecule is CCOCCSc1ccc(NS(=O)(=O)c2ccc(NC(=O)[C@@](C)(O)C(F)(F)F)c(Cl)c2)cc1. The Morgan fingerprint density at radius 1 is 1.18 bits per heavy atom. The number of alkyl halides is 3. The van der Waals surface area contributed by atoms with E-state index in [9.17, 15) is 31.5 Å². The highest BCUT2D eigenvalue weighted by molar-refractivity contribution is 7.99. The third-order valence-electron chi connectivity index (χ3n) is 4.30. The molecule has 7 nitrogen and oxygen atoms in total. The van der Waals surface area contributed by atoms with Crippen molar-refractivity contribution in [1.82, 2.24) is 0 Å². The van der Waals surface area contributed by atoms with Crippen molar-refractivity contribution in [3.05, 3.63) is 47.5 Å². The molecule has 33 heavy (non-hydrogen) atoms. The summed E-state index contributed by atoms with van der Waals surface area (Å²) in [6.07, 6.45) is -5.21. The first-order chi connectivity index (χ1) is 15.3. The van der Waals surface area contributed by atoms with E-state index in [1.807, 2.05) is 12.2 Å². The number of thioether (sulfide) groups is 1. The predicted molar refractivity (Wildman–Crippen MR) is 121 cm³/mol. The van der Waals surface area contributed by atoms with Crippen LogP contribution in [-0.4, -0.2) is 50.2 Å². The van der Waals surface area contributed by atoms with Crippen LogP contribution in [0.1, 0.15) is 13.8 Å². The number of hydrogen-bond donors (Lipinski definition) is 3. The van der Waals surface area contributed by atoms with E-state index >= 15 is 0 Å². The van der Waals surface area contributed by atoms with Crippen molar-refractivity contribution in [2.24, 2.45) is 0 Å². The third kappa shape index (κ3) is 7.24. The Bertz CT molecular complexity index is 1080. The van der Waals surface area contributed by atoms with Gasteiger partial charge in [-0.1, -0.05) is 11.6 Å². The zero-order valence-corrected chi connectivity index (χ0v) is 20.0. The van der Waals surface area contributed by atoms with Gasteiger partial charge in [0, 0.05) is 22.9 Å². The Balaban J connectivity index is 2.09. The van der Waals surface area contributed by atoms with Crippen molar-refractivity contribution < 1.29 is 36.2 Å². The topological polar surface area (TPSA) is 105 Å². The summed E-state index contributed by atoms with van der Waals surface area (Å²) in [4.78, 5) is 12.5. The standard InChI is InChI=1S/C20H22ClF3N2O5S2/c1-3-31-10-11-32-14-6-4-13(5-7-14)26-33(29,30)15-8-9-17(16(21)12-15)25-18(27)19(2,28)20(22,23)24/h4-9,12,26,28H,3,10-11H2,1-2H3,(H,25,27)/t19-/m1/s1. The summed E-state index contributed by atoms with van der Waals surface area (Å²) in [5, 5.41) is 10.9. The smallest absolute Gasteiger partial charge is 0.381 e. The first-order valence-corrected chi connectivity index (χ1v) is 12.4. The Morgan fingerprint density at radius 2 is 1.82 bits per heavy atom. The molecule has 0 bridgehead atoms. The van der Waals surface area contributed by atoms with Crippen LogP contribution in [0.3, 0.4) is 0 Å². The zero-order chi connectivity index (χ0) is 24.9. The van der Waals surface area contributed by atoms with E-state index in [1.165, 1.54) is 0 Å². The fraction of sp³-hybridized carbons (Fsp3) is 0.350. The molecular weight excluding hydrogens is 505 g/mol. The van der Waals surface area contributed by atoms with E-state index in [4.69, 9.17) is 16.3 Å². The first-order valence-electron chi connectivity index (χ1n) is 9.51. The lowest BCUT2D eigenvalue weighted by Gasteiger charge is -2.25. The molecule has 2 rings (SSSR count). The Hall–Kier alpha value is -1.99. The molecule has 1 atom stereocenters. The van der Waals surface area contributed by atoms with E-state index < -0.39 is 27.7 Å². The van der Waals surface area contributed by atoms with Crippen molar-refractivity contribution in [1.29, 1.82) is 0 Å². The van der Waals surface area contributed by atoms with Gasteiger partial charge in [0.2, 0.25) is 5.60 Å². The molecule has 0 spiro atoms. The average Bonchev–Trinajstić information content (AvgIpc) is 2.72. The second kappa shape index (κ2) is 11.0. The number of aliphatic hydroxyl groups is 1. The third-order valence-corrected chi connectivity index (χ3v) is 6.97. The number of nitrogens with one attached hydrogen (secondary N) is 2. The minimum atomic E-state index is -5.21. The molecule has 0 aliphatic heterocycles. The number of ether oxygens (including phenoxy) is 1. The summed E-state index contributed by atoms with van der Waals surface area (Å²) < 4.78 is 71.3. The van der Waals surface area contributed by atoms with Crippen LogP contribution >= 0.6 is 23.4 Å². The minimum absolute atomic E-state index is 0.275. The molecule has 0 heterocycles. The molecule has 0 aromatic heterocycles. The fourth-order valence-electron chi connectivity index (χ4n) is 2.33. The molecule has 13 heteroatoms. The van der Waals surface area contributed by atoms with Crippen molar-refractivity contribution >= 4 is 50.7 Å². The number of carbonyl (C=O) groups excluding carboxylic acids is 1. The number of halogens is 4. The van der Waals surface area contributed by atoms with Crippen molar-refractivity contribution in [3.63, 3.8) is 0 Å². The summed E-state index contributed by atoms with van der Waals surface area (Å²) in [7, 11) is -4.07. The largest absolute Gasteiger partial charge is 0.426 e. The van der Waals surface area contributed by atoms with E-state index in [2.05, 4.69) is 4.72 Å². The van der Waals surface area contributed by atoms with Gasteiger partial charge in [-0.2, -0.15) is 13.2 Å². The Labute approximate surface area is 198 Å². The summed E-state index contributed by atoms with van der Waals surface area (Å²) >= 11 is 7.51. The van der Waals surface area contributed by atoms with Gasteiger partial charge in [-0.15, -0.1) is 11.8 Å². The fourth-order valence-corrected chi connectivity index (χ4v) is 4.48. The van der Waals surface area contributed by atoms with Gasteiger partial charge in [0.1, 0.15) is 0 Å². The maximum Gasteiger partial charge on any atom is 0.426 e. The molecule has 2 aromatic carbocycles. The van der Waals surface area contributed by atoms with Crippen LogP contribution < -0.4 is 10.0 Å². The van der Waals surface area contributed by atoms with Gasteiger partial charge in [0.25, 0.3) is 15.9 Å². The molecule has 2 aromatic rings. The number of sulfonamides is 1. The van der Waals surface area contributed by atoms with E-state index in [-0.39, 0.29) is 15.6 Å². The normalized spacial score (nSPS) is 13.9. The average molecular weight is 527 g/mol. The van der Waals surface area contributed by atoms with Crippen LogP contribution in [0.4, 0.5) is 24.5 Å². The highest BCUT2D eigenvalue weighted by atomic mass is 35.5. The van der Waals surface area contributed by atoms with Crippen molar-refractivity contribution in [2.45, 2.75) is 35.4 Å². The zero-order valence-electron chi connectivity index (χ0n) is 17.6. The van der Waals surface area contributed by atoms with E-state index in [1.54, 1.807) is 36.0 Å². The van der Waals surface area contributed by atoms with Gasteiger partial charge < -0.3 is 15.2 Å². The summed E-state index contributed by atoms with van der Waals surface area (Å²) in [5.41, 5.74) is -3.66. The van der Waals surface area contributed by atoms with Crippen LogP contribution in [0.5, 0.6) is 0 Å². The van der Waals surface area contributed by atoms with Crippen LogP contribution in [0.15, 0.2) is 52.3 Å². The number of hydrogen-bond acceptors (Lipinski definition) is 6. The Kier molecular flexibility index (Phi) is 9.05. The molecule has 0 fully saturated rings. The van der Waals surface area contributed by atoms with Gasteiger partial charge in [-0.25, -0.2) is 8.42 Å². The highest BCUT2D eigenvalue weighted by Gasteiger charge is 2.55. The molecule has 3 N–H and O–H groups in total. The van der Waals surface area contributed by atoms with Gasteiger partial charge in [-0.05, 0) is 56.3 Å². The molecule has 0 unspecified atom stereocenters. The van der Waals surface area contributed by atoms with Crippen molar-refractivity contribution in [2.75, 3.05) is 29.0 Å². The quantitative estimate of drug-likeness (QED) is 0.310. The van der Waals surface area contributed by atoms with Crippen LogP contribution in [0.2, 0.25) is 5.02 Å². The van der Waals surface area contributed by atoms with Gasteiger partial charge in [0.15, 0.2) is 0 Å². The molecular formula is C20H22ClF3N2O5S2. The molecule has 182 valence electrons. The summed E-state index contributed by atoms with van der Waals surface area (Å²) in [6, 6.07) is 9.70. The summed E-state index contributed by atoms with van der Waals surface area (Å²) in [5.74, 6) is -1.01. The maximum atomic E-state index is 12.8. The molecule has 0 aliphatic carbocycles. The number of carbonyl (C=O) groups is 1. The molecule has 0 aliphatic rings. The minimum Gasteiger partial charge on any atom is -0.381 e. The van der Waals surface area contributed by atoms with Gasteiger partial charge in [0.05, 0.1) is 22.2 Å². The van der Waals surface area contributed by atoms with Crippen LogP contribution in [-0.2, 0) is 19.6 Å². The lowest BCUT2D eigenvalue weighted by molar-refractivity contribution is -0.242. The summed E-state index contributed by atoms with van der Waals surface area (Å²) in [6.45, 7) is 3.43. The lowest BCUT2D eigenvalue weighted by atomic mass is 10.1. The van der Waals surface area contributed by atoms with Crippen LogP contribution in [0.25, 0.3) is 0 Å². The van der Waals surface area contributed by atoms with Crippen molar-refractivity contribution in [3.8, 4) is 0 Å². The lowest BCUT2D eigenvalue weighted by Crippen LogP contribution is -2.52. The van der Waals surface area contributed by atoms with E-state index in [0.29, 0.717) is 25.8 Å². The van der Waals surface area contributed by atoms with E-state index in [0.717, 1.165) is 28.8 Å². The second-order valence-electron chi connectivity index (χ2n) is 6.84. The molecule has 0 saturated carbocycles. The number of benzene rings is 2. The number of rotatable bonds is 10. The Morgan fingerprint density at radius 3 is 2.36 bits per heavy atom. The predicted octanol–water partition coefficient (Wildman–Crippen LogP) is 4.52. The number of amides is 1. The monoisotopic (exact) mass is 526 g/mol.